The number of carbonyl (C=O) groups excluding carboxylic acids is 1. The van der Waals surface area contributed by atoms with Crippen LogP contribution in [0.25, 0.3) is 0 Å². The average Bonchev–Trinajstić information content (AvgIpc) is 2.37. The average molecular weight is 243 g/mol. The highest BCUT2D eigenvalue weighted by Gasteiger charge is 2.64. The van der Waals surface area contributed by atoms with Crippen LogP contribution in [0.1, 0.15) is 27.7 Å². The largest absolute Gasteiger partial charge is 0.480 e. The smallest absolute Gasteiger partial charge is 0.407 e. The molecule has 1 amide bonds. The van der Waals surface area contributed by atoms with Crippen molar-refractivity contribution in [2.75, 3.05) is 6.54 Å². The minimum atomic E-state index is -1.68. The minimum Gasteiger partial charge on any atom is -0.480 e. The fraction of sp³-hybridized carbons (Fsp3) is 0.727. The van der Waals surface area contributed by atoms with Crippen LogP contribution >= 0.6 is 0 Å². The first kappa shape index (κ1) is 13.5. The van der Waals surface area contributed by atoms with Crippen molar-refractivity contribution < 1.29 is 24.6 Å². The second-order valence-corrected chi connectivity index (χ2v) is 5.37. The summed E-state index contributed by atoms with van der Waals surface area (Å²) in [5, 5.41) is 18.4. The zero-order valence-corrected chi connectivity index (χ0v) is 10.4. The van der Waals surface area contributed by atoms with Gasteiger partial charge in [-0.2, -0.15) is 0 Å². The van der Waals surface area contributed by atoms with E-state index in [9.17, 15) is 19.5 Å². The first-order chi connectivity index (χ1) is 7.56. The summed E-state index contributed by atoms with van der Waals surface area (Å²) in [5.41, 5.74) is -2.52. The van der Waals surface area contributed by atoms with E-state index in [1.807, 2.05) is 0 Å². The van der Waals surface area contributed by atoms with E-state index in [4.69, 9.17) is 5.11 Å². The maximum absolute atomic E-state index is 12.0. The molecule has 0 aromatic carbocycles. The third-order valence-electron chi connectivity index (χ3n) is 3.61. The number of ketones is 1. The summed E-state index contributed by atoms with van der Waals surface area (Å²) in [4.78, 5) is 35.4. The molecule has 0 aromatic heterocycles. The maximum Gasteiger partial charge on any atom is 0.407 e. The standard InChI is InChI=1S/C11H17NO5/c1-6-11(8(14)15,10(2,3)4)7(13)5-12(6)9(16)17/h6H,5H2,1-4H3,(H,14,15)(H,16,17)/t6-,11?/m0/s1. The summed E-state index contributed by atoms with van der Waals surface area (Å²) in [6, 6.07) is -0.870. The monoisotopic (exact) mass is 243 g/mol. The van der Waals surface area contributed by atoms with Crippen LogP contribution in [0.3, 0.4) is 0 Å². The van der Waals surface area contributed by atoms with Crippen molar-refractivity contribution in [1.29, 1.82) is 0 Å². The van der Waals surface area contributed by atoms with Crippen LogP contribution in [-0.4, -0.2) is 45.5 Å². The van der Waals surface area contributed by atoms with E-state index in [0.717, 1.165) is 4.90 Å². The van der Waals surface area contributed by atoms with Crippen LogP contribution in [0.15, 0.2) is 0 Å². The quantitative estimate of drug-likeness (QED) is 0.671. The highest BCUT2D eigenvalue weighted by Crippen LogP contribution is 2.48. The molecule has 0 spiro atoms. The van der Waals surface area contributed by atoms with Crippen LogP contribution < -0.4 is 0 Å². The van der Waals surface area contributed by atoms with Crippen molar-refractivity contribution >= 4 is 17.8 Å². The number of Topliss-reactive ketones (excluding diaryl/α,β-unsaturated/α-hetero) is 1. The summed E-state index contributed by atoms with van der Waals surface area (Å²) >= 11 is 0. The predicted molar refractivity (Wildman–Crippen MR) is 58.7 cm³/mol. The van der Waals surface area contributed by atoms with Gasteiger partial charge in [0.1, 0.15) is 0 Å². The molecular formula is C11H17NO5. The predicted octanol–water partition coefficient (Wildman–Crippen LogP) is 1.05. The molecule has 0 aromatic rings. The Bertz CT molecular complexity index is 384. The van der Waals surface area contributed by atoms with Crippen molar-refractivity contribution in [3.05, 3.63) is 0 Å². The Balaban J connectivity index is 3.39. The zero-order valence-electron chi connectivity index (χ0n) is 10.4. The number of carbonyl (C=O) groups is 3. The summed E-state index contributed by atoms with van der Waals surface area (Å²) in [7, 11) is 0. The van der Waals surface area contributed by atoms with Crippen LogP contribution in [0, 0.1) is 10.8 Å². The Morgan fingerprint density at radius 1 is 1.35 bits per heavy atom. The van der Waals surface area contributed by atoms with Gasteiger partial charge in [0.15, 0.2) is 11.2 Å². The SMILES string of the molecule is C[C@@H]1N(C(=O)O)CC(=O)C1(C(=O)O)C(C)(C)C. The number of aliphatic carboxylic acids is 1. The maximum atomic E-state index is 12.0. The zero-order chi connectivity index (χ0) is 13.6. The number of hydrogen-bond donors (Lipinski definition) is 2. The highest BCUT2D eigenvalue weighted by atomic mass is 16.4. The second-order valence-electron chi connectivity index (χ2n) is 5.37. The Kier molecular flexibility index (Phi) is 2.94. The van der Waals surface area contributed by atoms with E-state index >= 15 is 0 Å². The highest BCUT2D eigenvalue weighted by molar-refractivity contribution is 6.08. The number of amides is 1. The molecule has 1 saturated heterocycles. The molecular weight excluding hydrogens is 226 g/mol. The van der Waals surface area contributed by atoms with Gasteiger partial charge in [-0.3, -0.25) is 14.5 Å². The molecule has 6 heteroatoms. The van der Waals surface area contributed by atoms with Crippen molar-refractivity contribution in [2.45, 2.75) is 33.7 Å². The Labute approximate surface area is 99.2 Å². The number of likely N-dealkylation sites (tertiary alicyclic amines) is 1. The van der Waals surface area contributed by atoms with Gasteiger partial charge >= 0.3 is 12.1 Å². The van der Waals surface area contributed by atoms with Gasteiger partial charge in [0.25, 0.3) is 0 Å². The van der Waals surface area contributed by atoms with Gasteiger partial charge in [0, 0.05) is 0 Å². The van der Waals surface area contributed by atoms with Crippen molar-refractivity contribution in [3.8, 4) is 0 Å². The molecule has 1 unspecified atom stereocenters. The van der Waals surface area contributed by atoms with Crippen molar-refractivity contribution in [3.63, 3.8) is 0 Å². The molecule has 0 saturated carbocycles. The summed E-state index contributed by atoms with van der Waals surface area (Å²) in [6.07, 6.45) is -1.27. The first-order valence-electron chi connectivity index (χ1n) is 5.33. The molecule has 96 valence electrons. The van der Waals surface area contributed by atoms with E-state index in [2.05, 4.69) is 0 Å². The van der Waals surface area contributed by atoms with Crippen LogP contribution in [0.4, 0.5) is 4.79 Å². The van der Waals surface area contributed by atoms with Gasteiger partial charge in [0.2, 0.25) is 0 Å². The fourth-order valence-corrected chi connectivity index (χ4v) is 2.78. The molecule has 2 N–H and O–H groups in total. The van der Waals surface area contributed by atoms with Gasteiger partial charge in [-0.05, 0) is 12.3 Å². The van der Waals surface area contributed by atoms with Gasteiger partial charge in [-0.25, -0.2) is 4.79 Å². The lowest BCUT2D eigenvalue weighted by Gasteiger charge is -2.40. The summed E-state index contributed by atoms with van der Waals surface area (Å²) in [5.74, 6) is -1.81. The molecule has 0 radical (unpaired) electrons. The number of hydrogen-bond acceptors (Lipinski definition) is 3. The van der Waals surface area contributed by atoms with Crippen LogP contribution in [0.5, 0.6) is 0 Å². The van der Waals surface area contributed by atoms with E-state index in [0.29, 0.717) is 0 Å². The number of carboxylic acid groups (broad SMARTS) is 2. The number of nitrogens with zero attached hydrogens (tertiary/aromatic N) is 1. The third kappa shape index (κ3) is 1.59. The number of carboxylic acids is 1. The Morgan fingerprint density at radius 3 is 2.00 bits per heavy atom. The molecule has 2 atom stereocenters. The first-order valence-corrected chi connectivity index (χ1v) is 5.33. The van der Waals surface area contributed by atoms with Crippen molar-refractivity contribution in [2.24, 2.45) is 10.8 Å². The molecule has 17 heavy (non-hydrogen) atoms. The van der Waals surface area contributed by atoms with Crippen LogP contribution in [-0.2, 0) is 9.59 Å². The molecule has 1 rings (SSSR count). The Hall–Kier alpha value is -1.59. The molecule has 6 nitrogen and oxygen atoms in total. The van der Waals surface area contributed by atoms with Gasteiger partial charge in [-0.1, -0.05) is 20.8 Å². The molecule has 1 aliphatic rings. The normalized spacial score (nSPS) is 29.5. The molecule has 1 aliphatic heterocycles. The lowest BCUT2D eigenvalue weighted by Crippen LogP contribution is -2.54. The van der Waals surface area contributed by atoms with Gasteiger partial charge in [-0.15, -0.1) is 0 Å². The molecule has 1 heterocycles. The molecule has 1 fully saturated rings. The fourth-order valence-electron chi connectivity index (χ4n) is 2.78. The van der Waals surface area contributed by atoms with E-state index < -0.39 is 34.7 Å². The van der Waals surface area contributed by atoms with Gasteiger partial charge < -0.3 is 10.2 Å². The van der Waals surface area contributed by atoms with Crippen molar-refractivity contribution in [1.82, 2.24) is 4.90 Å². The van der Waals surface area contributed by atoms with E-state index in [-0.39, 0.29) is 6.54 Å². The third-order valence-corrected chi connectivity index (χ3v) is 3.61. The second kappa shape index (κ2) is 3.72. The molecule has 0 bridgehead atoms. The minimum absolute atomic E-state index is 0.361. The summed E-state index contributed by atoms with van der Waals surface area (Å²) < 4.78 is 0. The van der Waals surface area contributed by atoms with Crippen LogP contribution in [0.2, 0.25) is 0 Å². The number of rotatable bonds is 1. The lowest BCUT2D eigenvalue weighted by atomic mass is 9.62. The topological polar surface area (TPSA) is 94.9 Å². The Morgan fingerprint density at radius 2 is 1.82 bits per heavy atom. The van der Waals surface area contributed by atoms with E-state index in [1.165, 1.54) is 6.92 Å². The molecule has 0 aliphatic carbocycles. The van der Waals surface area contributed by atoms with Gasteiger partial charge in [0.05, 0.1) is 12.6 Å². The lowest BCUT2D eigenvalue weighted by molar-refractivity contribution is -0.162. The summed E-state index contributed by atoms with van der Waals surface area (Å²) in [6.45, 7) is 6.03. The van der Waals surface area contributed by atoms with E-state index in [1.54, 1.807) is 20.8 Å².